The fourth-order valence-corrected chi connectivity index (χ4v) is 1.97. The molecular formula is C10H10N4O2S. The van der Waals surface area contributed by atoms with E-state index in [1.807, 2.05) is 0 Å². The summed E-state index contributed by atoms with van der Waals surface area (Å²) >= 11 is 1.35. The Hall–Kier alpha value is -2.02. The van der Waals surface area contributed by atoms with Crippen molar-refractivity contribution in [3.05, 3.63) is 30.1 Å². The van der Waals surface area contributed by atoms with Gasteiger partial charge in [-0.3, -0.25) is 5.10 Å². The van der Waals surface area contributed by atoms with Crippen LogP contribution < -0.4 is 5.73 Å². The third-order valence-electron chi connectivity index (χ3n) is 2.04. The van der Waals surface area contributed by atoms with Crippen molar-refractivity contribution in [2.75, 3.05) is 12.8 Å². The molecule has 2 aromatic rings. The number of nitrogens with one attached hydrogen (secondary N) is 1. The molecule has 0 aliphatic heterocycles. The summed E-state index contributed by atoms with van der Waals surface area (Å²) in [5.74, 6) is -0.456. The van der Waals surface area contributed by atoms with E-state index in [1.54, 1.807) is 18.2 Å². The summed E-state index contributed by atoms with van der Waals surface area (Å²) in [4.78, 5) is 16.2. The molecule has 1 aromatic carbocycles. The van der Waals surface area contributed by atoms with Gasteiger partial charge < -0.3 is 10.5 Å². The predicted octanol–water partition coefficient (Wildman–Crippen LogP) is 1.32. The van der Waals surface area contributed by atoms with E-state index >= 15 is 0 Å². The highest BCUT2D eigenvalue weighted by Crippen LogP contribution is 2.27. The van der Waals surface area contributed by atoms with Crippen molar-refractivity contribution in [2.24, 2.45) is 0 Å². The molecule has 88 valence electrons. The minimum absolute atomic E-state index is 0.344. The van der Waals surface area contributed by atoms with Gasteiger partial charge in [-0.1, -0.05) is 11.8 Å². The monoisotopic (exact) mass is 250 g/mol. The second kappa shape index (κ2) is 4.88. The van der Waals surface area contributed by atoms with E-state index in [1.165, 1.54) is 25.2 Å². The van der Waals surface area contributed by atoms with Crippen LogP contribution in [0.4, 0.5) is 5.69 Å². The number of nitrogens with zero attached hydrogens (tertiary/aromatic N) is 2. The van der Waals surface area contributed by atoms with Crippen LogP contribution in [0.3, 0.4) is 0 Å². The average molecular weight is 250 g/mol. The number of esters is 1. The number of nitrogen functional groups attached to an aromatic ring is 1. The standard InChI is InChI=1S/C10H10N4O2S/c1-16-9(15)7-4-6(2-3-8(7)11)17-10-12-5-13-14-10/h2-5H,11H2,1H3,(H,12,13,14). The van der Waals surface area contributed by atoms with E-state index in [2.05, 4.69) is 19.9 Å². The van der Waals surface area contributed by atoms with Crippen LogP contribution in [0.1, 0.15) is 10.4 Å². The van der Waals surface area contributed by atoms with E-state index in [0.29, 0.717) is 16.4 Å². The number of carbonyl (C=O) groups is 1. The molecule has 2 rings (SSSR count). The number of H-pyrrole nitrogens is 1. The van der Waals surface area contributed by atoms with Crippen LogP contribution in [0.25, 0.3) is 0 Å². The third-order valence-corrected chi connectivity index (χ3v) is 2.92. The number of anilines is 1. The SMILES string of the molecule is COC(=O)c1cc(Sc2ncn[nH]2)ccc1N. The van der Waals surface area contributed by atoms with Crippen molar-refractivity contribution in [2.45, 2.75) is 10.1 Å². The molecule has 0 saturated heterocycles. The van der Waals surface area contributed by atoms with Crippen LogP contribution in [-0.2, 0) is 4.74 Å². The van der Waals surface area contributed by atoms with Gasteiger partial charge in [0.15, 0.2) is 5.16 Å². The number of hydrogen-bond donors (Lipinski definition) is 2. The fraction of sp³-hybridized carbons (Fsp3) is 0.100. The second-order valence-electron chi connectivity index (χ2n) is 3.13. The molecule has 0 aliphatic rings. The minimum Gasteiger partial charge on any atom is -0.465 e. The molecule has 1 heterocycles. The van der Waals surface area contributed by atoms with Crippen molar-refractivity contribution < 1.29 is 9.53 Å². The molecule has 0 bridgehead atoms. The number of benzene rings is 1. The summed E-state index contributed by atoms with van der Waals surface area (Å²) < 4.78 is 4.64. The molecule has 6 nitrogen and oxygen atoms in total. The van der Waals surface area contributed by atoms with Gasteiger partial charge in [0.1, 0.15) is 6.33 Å². The van der Waals surface area contributed by atoms with Gasteiger partial charge >= 0.3 is 5.97 Å². The lowest BCUT2D eigenvalue weighted by molar-refractivity contribution is 0.0601. The summed E-state index contributed by atoms with van der Waals surface area (Å²) in [6.07, 6.45) is 1.42. The van der Waals surface area contributed by atoms with Crippen molar-refractivity contribution in [3.63, 3.8) is 0 Å². The Morgan fingerprint density at radius 2 is 2.35 bits per heavy atom. The molecule has 7 heteroatoms. The van der Waals surface area contributed by atoms with Gasteiger partial charge in [0.2, 0.25) is 0 Å². The molecule has 1 aromatic heterocycles. The maximum atomic E-state index is 11.4. The molecule has 17 heavy (non-hydrogen) atoms. The number of aromatic nitrogens is 3. The Labute approximate surface area is 102 Å². The number of rotatable bonds is 3. The lowest BCUT2D eigenvalue weighted by atomic mass is 10.2. The summed E-state index contributed by atoms with van der Waals surface area (Å²) in [5.41, 5.74) is 6.43. The van der Waals surface area contributed by atoms with Crippen LogP contribution in [0.15, 0.2) is 34.6 Å². The zero-order valence-corrected chi connectivity index (χ0v) is 9.82. The van der Waals surface area contributed by atoms with Crippen LogP contribution in [0, 0.1) is 0 Å². The van der Waals surface area contributed by atoms with E-state index in [0.717, 1.165) is 4.90 Å². The van der Waals surface area contributed by atoms with Gasteiger partial charge in [-0.2, -0.15) is 5.10 Å². The lowest BCUT2D eigenvalue weighted by Crippen LogP contribution is -2.05. The number of methoxy groups -OCH3 is 1. The van der Waals surface area contributed by atoms with Crippen molar-refractivity contribution in [3.8, 4) is 0 Å². The lowest BCUT2D eigenvalue weighted by Gasteiger charge is -2.05. The van der Waals surface area contributed by atoms with Crippen LogP contribution in [-0.4, -0.2) is 28.3 Å². The van der Waals surface area contributed by atoms with Crippen LogP contribution in [0.2, 0.25) is 0 Å². The summed E-state index contributed by atoms with van der Waals surface area (Å²) in [5, 5.41) is 7.10. The van der Waals surface area contributed by atoms with Crippen LogP contribution >= 0.6 is 11.8 Å². The first-order valence-electron chi connectivity index (χ1n) is 4.72. The normalized spacial score (nSPS) is 10.2. The van der Waals surface area contributed by atoms with Crippen LogP contribution in [0.5, 0.6) is 0 Å². The van der Waals surface area contributed by atoms with Gasteiger partial charge in [-0.05, 0) is 18.2 Å². The van der Waals surface area contributed by atoms with Crippen molar-refractivity contribution in [1.82, 2.24) is 15.2 Å². The van der Waals surface area contributed by atoms with Crippen molar-refractivity contribution >= 4 is 23.4 Å². The molecule has 0 unspecified atom stereocenters. The maximum absolute atomic E-state index is 11.4. The fourth-order valence-electron chi connectivity index (χ4n) is 1.24. The first kappa shape index (κ1) is 11.5. The maximum Gasteiger partial charge on any atom is 0.339 e. The molecule has 0 atom stereocenters. The van der Waals surface area contributed by atoms with Gasteiger partial charge in [-0.15, -0.1) is 0 Å². The highest BCUT2D eigenvalue weighted by atomic mass is 32.2. The quantitative estimate of drug-likeness (QED) is 0.630. The molecule has 0 radical (unpaired) electrons. The number of carbonyl (C=O) groups excluding carboxylic acids is 1. The highest BCUT2D eigenvalue weighted by Gasteiger charge is 2.11. The molecule has 0 fully saturated rings. The summed E-state index contributed by atoms with van der Waals surface area (Å²) in [6.45, 7) is 0. The van der Waals surface area contributed by atoms with Gasteiger partial charge in [0.25, 0.3) is 0 Å². The topological polar surface area (TPSA) is 93.9 Å². The first-order chi connectivity index (χ1) is 8.20. The molecular weight excluding hydrogens is 240 g/mol. The summed E-state index contributed by atoms with van der Waals surface area (Å²) in [7, 11) is 1.32. The van der Waals surface area contributed by atoms with E-state index in [-0.39, 0.29) is 0 Å². The smallest absolute Gasteiger partial charge is 0.339 e. The Morgan fingerprint density at radius 3 is 3.00 bits per heavy atom. The Bertz CT molecular complexity index is 527. The summed E-state index contributed by atoms with van der Waals surface area (Å²) in [6, 6.07) is 5.12. The van der Waals surface area contributed by atoms with Gasteiger partial charge in [0.05, 0.1) is 12.7 Å². The first-order valence-corrected chi connectivity index (χ1v) is 5.53. The number of ether oxygens (including phenoxy) is 1. The molecule has 0 saturated carbocycles. The van der Waals surface area contributed by atoms with E-state index < -0.39 is 5.97 Å². The third kappa shape index (κ3) is 2.56. The van der Waals surface area contributed by atoms with Gasteiger partial charge in [-0.25, -0.2) is 9.78 Å². The number of nitrogens with two attached hydrogens (primary N) is 1. The van der Waals surface area contributed by atoms with Gasteiger partial charge in [0, 0.05) is 10.6 Å². The van der Waals surface area contributed by atoms with E-state index in [9.17, 15) is 4.79 Å². The minimum atomic E-state index is -0.456. The van der Waals surface area contributed by atoms with Crippen molar-refractivity contribution in [1.29, 1.82) is 0 Å². The Kier molecular flexibility index (Phi) is 3.29. The largest absolute Gasteiger partial charge is 0.465 e. The second-order valence-corrected chi connectivity index (χ2v) is 4.20. The number of aromatic amines is 1. The molecule has 0 amide bonds. The van der Waals surface area contributed by atoms with E-state index in [4.69, 9.17) is 5.73 Å². The Balaban J connectivity index is 2.28. The number of hydrogen-bond acceptors (Lipinski definition) is 6. The Morgan fingerprint density at radius 1 is 1.53 bits per heavy atom. The molecule has 3 N–H and O–H groups in total. The predicted molar refractivity (Wildman–Crippen MR) is 62.7 cm³/mol. The average Bonchev–Trinajstić information content (AvgIpc) is 2.83. The highest BCUT2D eigenvalue weighted by molar-refractivity contribution is 7.99. The zero-order valence-electron chi connectivity index (χ0n) is 9.01. The molecule has 0 spiro atoms. The zero-order chi connectivity index (χ0) is 12.3. The molecule has 0 aliphatic carbocycles.